The summed E-state index contributed by atoms with van der Waals surface area (Å²) < 4.78 is 0. The van der Waals surface area contributed by atoms with E-state index in [2.05, 4.69) is 0 Å². The van der Waals surface area contributed by atoms with Gasteiger partial charge in [0.25, 0.3) is 5.91 Å². The molecule has 0 aliphatic carbocycles. The fourth-order valence-corrected chi connectivity index (χ4v) is 2.25. The van der Waals surface area contributed by atoms with Crippen LogP contribution in [0.3, 0.4) is 0 Å². The number of aliphatic hydroxyl groups is 1. The lowest BCUT2D eigenvalue weighted by Crippen LogP contribution is -2.29. The van der Waals surface area contributed by atoms with E-state index in [0.29, 0.717) is 18.7 Å². The first-order chi connectivity index (χ1) is 9.60. The second-order valence-electron chi connectivity index (χ2n) is 4.88. The van der Waals surface area contributed by atoms with Gasteiger partial charge in [-0.05, 0) is 30.2 Å². The molecule has 5 nitrogen and oxygen atoms in total. The van der Waals surface area contributed by atoms with Gasteiger partial charge < -0.3 is 15.1 Å². The number of likely N-dealkylation sites (tertiary alicyclic amines) is 1. The fraction of sp³-hybridized carbons (Fsp3) is 0.333. The molecule has 1 aromatic rings. The topological polar surface area (TPSA) is 77.8 Å². The van der Waals surface area contributed by atoms with E-state index in [0.717, 1.165) is 18.1 Å². The molecule has 1 aliphatic heterocycles. The third-order valence-corrected chi connectivity index (χ3v) is 3.41. The number of benzene rings is 1. The van der Waals surface area contributed by atoms with Crippen LogP contribution < -0.4 is 0 Å². The highest BCUT2D eigenvalue weighted by Crippen LogP contribution is 2.18. The second-order valence-corrected chi connectivity index (χ2v) is 4.88. The lowest BCUT2D eigenvalue weighted by atomic mass is 10.1. The van der Waals surface area contributed by atoms with Gasteiger partial charge in [-0.3, -0.25) is 4.79 Å². The van der Waals surface area contributed by atoms with E-state index in [4.69, 9.17) is 10.2 Å². The number of nitrogens with zero attached hydrogens (tertiary/aromatic N) is 1. The average Bonchev–Trinajstić information content (AvgIpc) is 2.94. The predicted molar refractivity (Wildman–Crippen MR) is 74.2 cm³/mol. The van der Waals surface area contributed by atoms with Crippen molar-refractivity contribution in [2.24, 2.45) is 5.92 Å². The number of hydrogen-bond donors (Lipinski definition) is 2. The number of rotatable bonds is 4. The largest absolute Gasteiger partial charge is 0.478 e. The van der Waals surface area contributed by atoms with Gasteiger partial charge in [0.05, 0.1) is 0 Å². The van der Waals surface area contributed by atoms with Crippen molar-refractivity contribution in [3.63, 3.8) is 0 Å². The zero-order chi connectivity index (χ0) is 14.5. The van der Waals surface area contributed by atoms with Crippen molar-refractivity contribution in [2.75, 3.05) is 19.7 Å². The number of carbonyl (C=O) groups excluding carboxylic acids is 1. The Labute approximate surface area is 117 Å². The van der Waals surface area contributed by atoms with Crippen molar-refractivity contribution in [1.29, 1.82) is 0 Å². The van der Waals surface area contributed by atoms with Crippen molar-refractivity contribution in [3.8, 4) is 0 Å². The van der Waals surface area contributed by atoms with Crippen LogP contribution in [0, 0.1) is 5.92 Å². The molecule has 0 aromatic heterocycles. The van der Waals surface area contributed by atoms with E-state index in [-0.39, 0.29) is 18.4 Å². The molecule has 0 saturated carbocycles. The van der Waals surface area contributed by atoms with Crippen LogP contribution >= 0.6 is 0 Å². The molecule has 1 aliphatic rings. The van der Waals surface area contributed by atoms with E-state index in [1.165, 1.54) is 6.08 Å². The summed E-state index contributed by atoms with van der Waals surface area (Å²) in [5.41, 5.74) is 1.31. The van der Waals surface area contributed by atoms with Crippen molar-refractivity contribution in [1.82, 2.24) is 4.90 Å². The second kappa shape index (κ2) is 6.34. The molecular formula is C15H17NO4. The summed E-state index contributed by atoms with van der Waals surface area (Å²) in [5, 5.41) is 17.6. The molecule has 2 rings (SSSR count). The van der Waals surface area contributed by atoms with E-state index < -0.39 is 5.97 Å². The molecule has 1 unspecified atom stereocenters. The zero-order valence-corrected chi connectivity index (χ0v) is 11.0. The van der Waals surface area contributed by atoms with Gasteiger partial charge in [0, 0.05) is 37.3 Å². The molecule has 1 saturated heterocycles. The van der Waals surface area contributed by atoms with Crippen LogP contribution in [0.1, 0.15) is 22.3 Å². The number of aliphatic hydroxyl groups excluding tert-OH is 1. The van der Waals surface area contributed by atoms with Crippen LogP contribution in [-0.4, -0.2) is 46.7 Å². The van der Waals surface area contributed by atoms with Crippen molar-refractivity contribution in [2.45, 2.75) is 6.42 Å². The van der Waals surface area contributed by atoms with Gasteiger partial charge >= 0.3 is 5.97 Å². The van der Waals surface area contributed by atoms with Gasteiger partial charge in [0.1, 0.15) is 0 Å². The number of aliphatic carboxylic acids is 1. The summed E-state index contributed by atoms with van der Waals surface area (Å²) in [4.78, 5) is 24.4. The van der Waals surface area contributed by atoms with Gasteiger partial charge in [-0.25, -0.2) is 4.79 Å². The quantitative estimate of drug-likeness (QED) is 0.810. The third-order valence-electron chi connectivity index (χ3n) is 3.41. The summed E-state index contributed by atoms with van der Waals surface area (Å²) in [6.45, 7) is 1.38. The number of carboxylic acid groups (broad SMARTS) is 1. The van der Waals surface area contributed by atoms with E-state index in [9.17, 15) is 9.59 Å². The highest BCUT2D eigenvalue weighted by molar-refractivity contribution is 5.94. The molecule has 0 radical (unpaired) electrons. The zero-order valence-electron chi connectivity index (χ0n) is 11.0. The molecular weight excluding hydrogens is 258 g/mol. The van der Waals surface area contributed by atoms with Crippen molar-refractivity contribution >= 4 is 18.0 Å². The van der Waals surface area contributed by atoms with E-state index in [1.54, 1.807) is 29.2 Å². The molecule has 0 bridgehead atoms. The van der Waals surface area contributed by atoms with Crippen LogP contribution in [0.5, 0.6) is 0 Å². The van der Waals surface area contributed by atoms with Gasteiger partial charge in [-0.15, -0.1) is 0 Å². The van der Waals surface area contributed by atoms with Crippen LogP contribution in [0.4, 0.5) is 0 Å². The Bertz CT molecular complexity index is 521. The normalized spacial score (nSPS) is 18.6. The molecule has 2 N–H and O–H groups in total. The van der Waals surface area contributed by atoms with Gasteiger partial charge in [0.2, 0.25) is 0 Å². The van der Waals surface area contributed by atoms with Crippen LogP contribution in [-0.2, 0) is 4.79 Å². The maximum Gasteiger partial charge on any atom is 0.328 e. The minimum absolute atomic E-state index is 0.0466. The molecule has 1 aromatic carbocycles. The average molecular weight is 275 g/mol. The minimum atomic E-state index is -1.00. The molecule has 1 heterocycles. The smallest absolute Gasteiger partial charge is 0.328 e. The third kappa shape index (κ3) is 3.45. The lowest BCUT2D eigenvalue weighted by molar-refractivity contribution is -0.131. The Hall–Kier alpha value is -2.14. The molecule has 5 heteroatoms. The summed E-state index contributed by atoms with van der Waals surface area (Å²) >= 11 is 0. The highest BCUT2D eigenvalue weighted by Gasteiger charge is 2.26. The Morgan fingerprint density at radius 3 is 2.55 bits per heavy atom. The highest BCUT2D eigenvalue weighted by atomic mass is 16.4. The maximum atomic E-state index is 12.2. The van der Waals surface area contributed by atoms with Crippen LogP contribution in [0.2, 0.25) is 0 Å². The van der Waals surface area contributed by atoms with Gasteiger partial charge in [0.15, 0.2) is 0 Å². The molecule has 106 valence electrons. The number of carboxylic acids is 1. The lowest BCUT2D eigenvalue weighted by Gasteiger charge is -2.16. The van der Waals surface area contributed by atoms with Gasteiger partial charge in [-0.1, -0.05) is 12.1 Å². The maximum absolute atomic E-state index is 12.2. The number of hydrogen-bond acceptors (Lipinski definition) is 3. The summed E-state index contributed by atoms with van der Waals surface area (Å²) in [5.74, 6) is -0.872. The van der Waals surface area contributed by atoms with Crippen LogP contribution in [0.25, 0.3) is 6.08 Å². The van der Waals surface area contributed by atoms with Gasteiger partial charge in [-0.2, -0.15) is 0 Å². The predicted octanol–water partition coefficient (Wildman–Crippen LogP) is 1.24. The summed E-state index contributed by atoms with van der Waals surface area (Å²) in [7, 11) is 0. The van der Waals surface area contributed by atoms with Crippen molar-refractivity contribution < 1.29 is 19.8 Å². The van der Waals surface area contributed by atoms with Crippen LogP contribution in [0.15, 0.2) is 30.3 Å². The summed E-state index contributed by atoms with van der Waals surface area (Å²) in [6.07, 6.45) is 3.37. The Morgan fingerprint density at radius 1 is 1.30 bits per heavy atom. The molecule has 1 fully saturated rings. The summed E-state index contributed by atoms with van der Waals surface area (Å²) in [6, 6.07) is 6.81. The Kier molecular flexibility index (Phi) is 4.53. The molecule has 1 atom stereocenters. The number of carbonyl (C=O) groups is 2. The standard InChI is InChI=1S/C15H17NO4/c17-10-12-7-8-16(9-12)15(20)13-4-1-11(2-5-13)3-6-14(18)19/h1-6,12,17H,7-10H2,(H,18,19)/b6-3+. The minimum Gasteiger partial charge on any atom is -0.478 e. The van der Waals surface area contributed by atoms with E-state index >= 15 is 0 Å². The molecule has 0 spiro atoms. The van der Waals surface area contributed by atoms with E-state index in [1.807, 2.05) is 0 Å². The first-order valence-corrected chi connectivity index (χ1v) is 6.51. The molecule has 1 amide bonds. The first kappa shape index (κ1) is 14.3. The Morgan fingerprint density at radius 2 is 2.00 bits per heavy atom. The SMILES string of the molecule is O=C(O)/C=C/c1ccc(C(=O)N2CCC(CO)C2)cc1. The fourth-order valence-electron chi connectivity index (χ4n) is 2.25. The molecule has 20 heavy (non-hydrogen) atoms. The number of amides is 1. The Balaban J connectivity index is 2.03. The van der Waals surface area contributed by atoms with Crippen molar-refractivity contribution in [3.05, 3.63) is 41.5 Å². The first-order valence-electron chi connectivity index (χ1n) is 6.51. The monoisotopic (exact) mass is 275 g/mol.